The van der Waals surface area contributed by atoms with Gasteiger partial charge in [-0.25, -0.2) is 0 Å². The highest BCUT2D eigenvalue weighted by atomic mass is 15.1. The molecule has 1 saturated heterocycles. The first kappa shape index (κ1) is 9.50. The van der Waals surface area contributed by atoms with Gasteiger partial charge in [0, 0.05) is 6.54 Å². The number of piperidine rings is 1. The minimum absolute atomic E-state index is 0.552. The van der Waals surface area contributed by atoms with Crippen molar-refractivity contribution in [2.24, 2.45) is 5.92 Å². The fourth-order valence-corrected chi connectivity index (χ4v) is 1.71. The molecule has 1 aliphatic rings. The van der Waals surface area contributed by atoms with Gasteiger partial charge in [-0.05, 0) is 38.9 Å². The van der Waals surface area contributed by atoms with Gasteiger partial charge >= 0.3 is 0 Å². The fourth-order valence-electron chi connectivity index (χ4n) is 1.71. The van der Waals surface area contributed by atoms with Crippen molar-refractivity contribution < 1.29 is 0 Å². The smallest absolute Gasteiger partial charge is 0.0863 e. The van der Waals surface area contributed by atoms with E-state index in [1.54, 1.807) is 0 Å². The maximum absolute atomic E-state index is 8.46. The van der Waals surface area contributed by atoms with Crippen molar-refractivity contribution >= 4 is 0 Å². The number of nitriles is 1. The molecule has 3 heteroatoms. The highest BCUT2D eigenvalue weighted by molar-refractivity contribution is 4.78. The van der Waals surface area contributed by atoms with Gasteiger partial charge in [-0.1, -0.05) is 0 Å². The Kier molecular flexibility index (Phi) is 4.06. The predicted molar refractivity (Wildman–Crippen MR) is 48.7 cm³/mol. The molecule has 1 rings (SSSR count). The Labute approximate surface area is 74.4 Å². The second kappa shape index (κ2) is 5.13. The molecule has 1 fully saturated rings. The van der Waals surface area contributed by atoms with Crippen LogP contribution in [0, 0.1) is 17.2 Å². The molecule has 0 radical (unpaired) electrons. The van der Waals surface area contributed by atoms with Crippen LogP contribution in [0.15, 0.2) is 0 Å². The lowest BCUT2D eigenvalue weighted by atomic mass is 9.99. The summed E-state index contributed by atoms with van der Waals surface area (Å²) in [6, 6.07) is 2.16. The standard InChI is InChI=1S/C9H17N3/c1-12(6-4-10)8-9-3-2-5-11-7-9/h9,11H,2-3,5-8H2,1H3. The molecule has 68 valence electrons. The number of hydrogen-bond donors (Lipinski definition) is 1. The third-order valence-corrected chi connectivity index (χ3v) is 2.31. The maximum Gasteiger partial charge on any atom is 0.0863 e. The van der Waals surface area contributed by atoms with Gasteiger partial charge in [-0.15, -0.1) is 0 Å². The van der Waals surface area contributed by atoms with Crippen LogP contribution in [-0.2, 0) is 0 Å². The van der Waals surface area contributed by atoms with Crippen LogP contribution in [0.3, 0.4) is 0 Å². The Bertz CT molecular complexity index is 156. The topological polar surface area (TPSA) is 39.1 Å². The Hall–Kier alpha value is -0.590. The lowest BCUT2D eigenvalue weighted by Gasteiger charge is -2.26. The molecular formula is C9H17N3. The first-order chi connectivity index (χ1) is 5.83. The van der Waals surface area contributed by atoms with E-state index in [1.807, 2.05) is 7.05 Å². The van der Waals surface area contributed by atoms with Gasteiger partial charge in [0.2, 0.25) is 0 Å². The zero-order valence-electron chi connectivity index (χ0n) is 7.71. The van der Waals surface area contributed by atoms with Crippen LogP contribution >= 0.6 is 0 Å². The number of nitrogens with one attached hydrogen (secondary N) is 1. The minimum Gasteiger partial charge on any atom is -0.316 e. The average Bonchev–Trinajstić information content (AvgIpc) is 2.06. The van der Waals surface area contributed by atoms with Crippen LogP contribution in [0.5, 0.6) is 0 Å². The van der Waals surface area contributed by atoms with Crippen LogP contribution in [0.1, 0.15) is 12.8 Å². The zero-order valence-corrected chi connectivity index (χ0v) is 7.71. The molecule has 3 nitrogen and oxygen atoms in total. The minimum atomic E-state index is 0.552. The summed E-state index contributed by atoms with van der Waals surface area (Å²) in [7, 11) is 2.01. The molecule has 0 aromatic carbocycles. The first-order valence-corrected chi connectivity index (χ1v) is 4.59. The van der Waals surface area contributed by atoms with E-state index in [-0.39, 0.29) is 0 Å². The van der Waals surface area contributed by atoms with Gasteiger partial charge < -0.3 is 5.32 Å². The molecule has 0 aliphatic carbocycles. The Morgan fingerprint density at radius 1 is 1.67 bits per heavy atom. The van der Waals surface area contributed by atoms with E-state index >= 15 is 0 Å². The van der Waals surface area contributed by atoms with Gasteiger partial charge in [-0.3, -0.25) is 4.90 Å². The Morgan fingerprint density at radius 2 is 2.50 bits per heavy atom. The highest BCUT2D eigenvalue weighted by Gasteiger charge is 2.14. The molecule has 0 saturated carbocycles. The largest absolute Gasteiger partial charge is 0.316 e. The van der Waals surface area contributed by atoms with Crippen molar-refractivity contribution in [1.29, 1.82) is 5.26 Å². The molecule has 0 aromatic rings. The van der Waals surface area contributed by atoms with Gasteiger partial charge in [0.05, 0.1) is 12.6 Å². The fraction of sp³-hybridized carbons (Fsp3) is 0.889. The van der Waals surface area contributed by atoms with E-state index in [2.05, 4.69) is 16.3 Å². The quantitative estimate of drug-likeness (QED) is 0.620. The zero-order chi connectivity index (χ0) is 8.81. The molecule has 0 amide bonds. The van der Waals surface area contributed by atoms with Crippen molar-refractivity contribution in [2.75, 3.05) is 33.2 Å². The van der Waals surface area contributed by atoms with Gasteiger partial charge in [0.15, 0.2) is 0 Å². The number of rotatable bonds is 3. The monoisotopic (exact) mass is 167 g/mol. The second-order valence-corrected chi connectivity index (χ2v) is 3.57. The van der Waals surface area contributed by atoms with E-state index in [1.165, 1.54) is 19.4 Å². The van der Waals surface area contributed by atoms with Crippen molar-refractivity contribution in [1.82, 2.24) is 10.2 Å². The summed E-state index contributed by atoms with van der Waals surface area (Å²) in [5.41, 5.74) is 0. The van der Waals surface area contributed by atoms with Crippen molar-refractivity contribution in [3.63, 3.8) is 0 Å². The summed E-state index contributed by atoms with van der Waals surface area (Å²) in [4.78, 5) is 2.09. The highest BCUT2D eigenvalue weighted by Crippen LogP contribution is 2.10. The van der Waals surface area contributed by atoms with Crippen LogP contribution < -0.4 is 5.32 Å². The molecule has 0 spiro atoms. The molecule has 1 heterocycles. The third-order valence-electron chi connectivity index (χ3n) is 2.31. The summed E-state index contributed by atoms with van der Waals surface area (Å²) in [6.07, 6.45) is 2.59. The van der Waals surface area contributed by atoms with Crippen molar-refractivity contribution in [3.05, 3.63) is 0 Å². The van der Waals surface area contributed by atoms with E-state index in [0.29, 0.717) is 6.54 Å². The third kappa shape index (κ3) is 3.21. The van der Waals surface area contributed by atoms with Gasteiger partial charge in [0.1, 0.15) is 0 Å². The second-order valence-electron chi connectivity index (χ2n) is 3.57. The summed E-state index contributed by atoms with van der Waals surface area (Å²) in [5, 5.41) is 11.8. The average molecular weight is 167 g/mol. The summed E-state index contributed by atoms with van der Waals surface area (Å²) >= 11 is 0. The van der Waals surface area contributed by atoms with Crippen LogP contribution in [0.4, 0.5) is 0 Å². The van der Waals surface area contributed by atoms with Crippen LogP contribution in [0.25, 0.3) is 0 Å². The summed E-state index contributed by atoms with van der Waals surface area (Å²) in [6.45, 7) is 3.89. The van der Waals surface area contributed by atoms with Gasteiger partial charge in [-0.2, -0.15) is 5.26 Å². The maximum atomic E-state index is 8.46. The Balaban J connectivity index is 2.16. The SMILES string of the molecule is CN(CC#N)CC1CCCNC1. The molecule has 1 aliphatic heterocycles. The van der Waals surface area contributed by atoms with E-state index in [4.69, 9.17) is 5.26 Å². The normalized spacial score (nSPS) is 23.9. The van der Waals surface area contributed by atoms with Crippen molar-refractivity contribution in [2.45, 2.75) is 12.8 Å². The summed E-state index contributed by atoms with van der Waals surface area (Å²) in [5.74, 6) is 0.747. The van der Waals surface area contributed by atoms with Crippen LogP contribution in [-0.4, -0.2) is 38.1 Å². The molecule has 0 bridgehead atoms. The van der Waals surface area contributed by atoms with E-state index < -0.39 is 0 Å². The Morgan fingerprint density at radius 3 is 3.08 bits per heavy atom. The lowest BCUT2D eigenvalue weighted by molar-refractivity contribution is 0.261. The first-order valence-electron chi connectivity index (χ1n) is 4.59. The predicted octanol–water partition coefficient (Wildman–Crippen LogP) is 0.441. The van der Waals surface area contributed by atoms with Crippen molar-refractivity contribution in [3.8, 4) is 6.07 Å². The van der Waals surface area contributed by atoms with E-state index in [9.17, 15) is 0 Å². The number of nitrogens with zero attached hydrogens (tertiary/aromatic N) is 2. The molecule has 1 atom stereocenters. The number of hydrogen-bond acceptors (Lipinski definition) is 3. The van der Waals surface area contributed by atoms with E-state index in [0.717, 1.165) is 19.0 Å². The summed E-state index contributed by atoms with van der Waals surface area (Å²) < 4.78 is 0. The van der Waals surface area contributed by atoms with Gasteiger partial charge in [0.25, 0.3) is 0 Å². The molecule has 1 unspecified atom stereocenters. The molecule has 1 N–H and O–H groups in total. The lowest BCUT2D eigenvalue weighted by Crippen LogP contribution is -2.36. The molecule has 0 aromatic heterocycles. The molecule has 12 heavy (non-hydrogen) atoms. The van der Waals surface area contributed by atoms with Crippen LogP contribution in [0.2, 0.25) is 0 Å². The molecular weight excluding hydrogens is 150 g/mol.